The van der Waals surface area contributed by atoms with Gasteiger partial charge in [-0.2, -0.15) is 0 Å². The Bertz CT molecular complexity index is 585. The van der Waals surface area contributed by atoms with Gasteiger partial charge in [-0.05, 0) is 55.3 Å². The molecule has 0 aliphatic carbocycles. The molecule has 0 spiro atoms. The van der Waals surface area contributed by atoms with Gasteiger partial charge in [-0.1, -0.05) is 29.8 Å². The van der Waals surface area contributed by atoms with Crippen LogP contribution in [0.3, 0.4) is 0 Å². The summed E-state index contributed by atoms with van der Waals surface area (Å²) < 4.78 is 14.1. The van der Waals surface area contributed by atoms with Crippen molar-refractivity contribution in [2.24, 2.45) is 0 Å². The van der Waals surface area contributed by atoms with Crippen LogP contribution in [-0.2, 0) is 6.54 Å². The van der Waals surface area contributed by atoms with E-state index in [1.165, 1.54) is 0 Å². The lowest BCUT2D eigenvalue weighted by Crippen LogP contribution is -2.05. The third kappa shape index (κ3) is 2.96. The number of aryl methyl sites for hydroxylation is 2. The molecule has 0 atom stereocenters. The first-order valence-electron chi connectivity index (χ1n) is 6.23. The molecule has 0 saturated carbocycles. The van der Waals surface area contributed by atoms with E-state index in [0.717, 1.165) is 22.3 Å². The van der Waals surface area contributed by atoms with Crippen LogP contribution in [0.15, 0.2) is 30.3 Å². The van der Waals surface area contributed by atoms with Gasteiger partial charge in [0.25, 0.3) is 0 Å². The Kier molecular flexibility index (Phi) is 4.23. The van der Waals surface area contributed by atoms with E-state index in [0.29, 0.717) is 17.1 Å². The van der Waals surface area contributed by atoms with Crippen molar-refractivity contribution in [2.75, 3.05) is 7.05 Å². The molecule has 3 heteroatoms. The highest BCUT2D eigenvalue weighted by Crippen LogP contribution is 2.30. The lowest BCUT2D eigenvalue weighted by molar-refractivity contribution is 0.629. The van der Waals surface area contributed by atoms with Crippen molar-refractivity contribution < 1.29 is 4.39 Å². The van der Waals surface area contributed by atoms with Crippen molar-refractivity contribution in [2.45, 2.75) is 20.4 Å². The number of benzene rings is 2. The van der Waals surface area contributed by atoms with Gasteiger partial charge in [0.2, 0.25) is 0 Å². The van der Waals surface area contributed by atoms with Gasteiger partial charge in [0, 0.05) is 17.1 Å². The fourth-order valence-corrected chi connectivity index (χ4v) is 2.57. The van der Waals surface area contributed by atoms with E-state index in [2.05, 4.69) is 5.32 Å². The average Bonchev–Trinajstić information content (AvgIpc) is 2.31. The maximum absolute atomic E-state index is 14.1. The number of hydrogen-bond acceptors (Lipinski definition) is 1. The molecule has 0 heterocycles. The minimum absolute atomic E-state index is 0.199. The van der Waals surface area contributed by atoms with Gasteiger partial charge in [-0.25, -0.2) is 4.39 Å². The van der Waals surface area contributed by atoms with Crippen molar-refractivity contribution in [3.05, 3.63) is 57.9 Å². The van der Waals surface area contributed by atoms with E-state index in [9.17, 15) is 4.39 Å². The van der Waals surface area contributed by atoms with Crippen LogP contribution >= 0.6 is 11.6 Å². The largest absolute Gasteiger partial charge is 0.316 e. The standard InChI is InChI=1S/C16H17ClFN/c1-10-6-11(2)16(15(18)7-10)12-4-5-13(9-19-3)14(17)8-12/h4-8,19H,9H2,1-3H3. The first kappa shape index (κ1) is 14.0. The van der Waals surface area contributed by atoms with Crippen LogP contribution in [0, 0.1) is 19.7 Å². The van der Waals surface area contributed by atoms with Gasteiger partial charge in [-0.15, -0.1) is 0 Å². The Labute approximate surface area is 118 Å². The molecule has 0 aromatic heterocycles. The molecular formula is C16H17ClFN. The summed E-state index contributed by atoms with van der Waals surface area (Å²) >= 11 is 6.23. The molecule has 2 aromatic carbocycles. The van der Waals surface area contributed by atoms with Gasteiger partial charge in [0.05, 0.1) is 0 Å². The van der Waals surface area contributed by atoms with Gasteiger partial charge >= 0.3 is 0 Å². The van der Waals surface area contributed by atoms with E-state index in [-0.39, 0.29) is 5.82 Å². The zero-order valence-corrected chi connectivity index (χ0v) is 12.1. The molecule has 0 saturated heterocycles. The molecule has 19 heavy (non-hydrogen) atoms. The highest BCUT2D eigenvalue weighted by molar-refractivity contribution is 6.31. The van der Waals surface area contributed by atoms with Crippen LogP contribution in [0.2, 0.25) is 5.02 Å². The molecule has 0 fully saturated rings. The molecule has 2 aromatic rings. The van der Waals surface area contributed by atoms with Crippen molar-refractivity contribution in [1.82, 2.24) is 5.32 Å². The van der Waals surface area contributed by atoms with Gasteiger partial charge in [0.15, 0.2) is 0 Å². The van der Waals surface area contributed by atoms with Crippen LogP contribution in [0.5, 0.6) is 0 Å². The molecular weight excluding hydrogens is 261 g/mol. The second kappa shape index (κ2) is 5.72. The average molecular weight is 278 g/mol. The van der Waals surface area contributed by atoms with Crippen LogP contribution in [0.1, 0.15) is 16.7 Å². The minimum Gasteiger partial charge on any atom is -0.316 e. The molecule has 1 N–H and O–H groups in total. The third-order valence-electron chi connectivity index (χ3n) is 3.14. The molecule has 0 radical (unpaired) electrons. The monoisotopic (exact) mass is 277 g/mol. The second-order valence-electron chi connectivity index (χ2n) is 4.78. The fourth-order valence-electron chi connectivity index (χ4n) is 2.32. The lowest BCUT2D eigenvalue weighted by atomic mass is 9.97. The zero-order valence-electron chi connectivity index (χ0n) is 11.3. The Morgan fingerprint density at radius 3 is 2.47 bits per heavy atom. The normalized spacial score (nSPS) is 10.8. The summed E-state index contributed by atoms with van der Waals surface area (Å²) in [7, 11) is 1.87. The first-order chi connectivity index (χ1) is 9.02. The summed E-state index contributed by atoms with van der Waals surface area (Å²) in [6.07, 6.45) is 0. The highest BCUT2D eigenvalue weighted by atomic mass is 35.5. The first-order valence-corrected chi connectivity index (χ1v) is 6.61. The summed E-state index contributed by atoms with van der Waals surface area (Å²) in [6, 6.07) is 9.22. The zero-order chi connectivity index (χ0) is 14.0. The maximum Gasteiger partial charge on any atom is 0.131 e. The molecule has 2 rings (SSSR count). The quantitative estimate of drug-likeness (QED) is 0.872. The van der Waals surface area contributed by atoms with Crippen molar-refractivity contribution in [1.29, 1.82) is 0 Å². The number of halogens is 2. The SMILES string of the molecule is CNCc1ccc(-c2c(C)cc(C)cc2F)cc1Cl. The van der Waals surface area contributed by atoms with Gasteiger partial charge < -0.3 is 5.32 Å². The summed E-state index contributed by atoms with van der Waals surface area (Å²) in [4.78, 5) is 0. The molecule has 100 valence electrons. The summed E-state index contributed by atoms with van der Waals surface area (Å²) in [6.45, 7) is 4.51. The Balaban J connectivity index is 2.51. The van der Waals surface area contributed by atoms with E-state index >= 15 is 0 Å². The van der Waals surface area contributed by atoms with Crippen LogP contribution < -0.4 is 5.32 Å². The van der Waals surface area contributed by atoms with Crippen LogP contribution in [0.25, 0.3) is 11.1 Å². The lowest BCUT2D eigenvalue weighted by Gasteiger charge is -2.11. The summed E-state index contributed by atoms with van der Waals surface area (Å²) in [5, 5.41) is 3.71. The number of hydrogen-bond donors (Lipinski definition) is 1. The Hall–Kier alpha value is -1.38. The van der Waals surface area contributed by atoms with Gasteiger partial charge in [0.1, 0.15) is 5.82 Å². The molecule has 0 bridgehead atoms. The predicted molar refractivity (Wildman–Crippen MR) is 79.1 cm³/mol. The smallest absolute Gasteiger partial charge is 0.131 e. The van der Waals surface area contributed by atoms with E-state index in [1.54, 1.807) is 6.07 Å². The topological polar surface area (TPSA) is 12.0 Å². The van der Waals surface area contributed by atoms with Gasteiger partial charge in [-0.3, -0.25) is 0 Å². The summed E-state index contributed by atoms with van der Waals surface area (Å²) in [5.74, 6) is -0.199. The summed E-state index contributed by atoms with van der Waals surface area (Å²) in [5.41, 5.74) is 4.31. The molecule has 0 amide bonds. The third-order valence-corrected chi connectivity index (χ3v) is 3.49. The molecule has 0 unspecified atom stereocenters. The van der Waals surface area contributed by atoms with Crippen LogP contribution in [-0.4, -0.2) is 7.05 Å². The molecule has 0 aliphatic heterocycles. The minimum atomic E-state index is -0.199. The Morgan fingerprint density at radius 1 is 1.16 bits per heavy atom. The Morgan fingerprint density at radius 2 is 1.89 bits per heavy atom. The van der Waals surface area contributed by atoms with Crippen molar-refractivity contribution >= 4 is 11.6 Å². The number of rotatable bonds is 3. The van der Waals surface area contributed by atoms with E-state index in [1.807, 2.05) is 45.2 Å². The predicted octanol–water partition coefficient (Wildman–Crippen LogP) is 4.48. The second-order valence-corrected chi connectivity index (χ2v) is 5.18. The van der Waals surface area contributed by atoms with E-state index < -0.39 is 0 Å². The van der Waals surface area contributed by atoms with E-state index in [4.69, 9.17) is 11.6 Å². The number of nitrogens with one attached hydrogen (secondary N) is 1. The highest BCUT2D eigenvalue weighted by Gasteiger charge is 2.11. The maximum atomic E-state index is 14.1. The van der Waals surface area contributed by atoms with Crippen molar-refractivity contribution in [3.63, 3.8) is 0 Å². The molecule has 0 aliphatic rings. The fraction of sp³-hybridized carbons (Fsp3) is 0.250. The van der Waals surface area contributed by atoms with Crippen molar-refractivity contribution in [3.8, 4) is 11.1 Å². The molecule has 1 nitrogen and oxygen atoms in total. The van der Waals surface area contributed by atoms with Crippen LogP contribution in [0.4, 0.5) is 4.39 Å².